The Labute approximate surface area is 104 Å². The Balaban J connectivity index is 2.01. The number of halogens is 1. The Kier molecular flexibility index (Phi) is 3.61. The minimum absolute atomic E-state index is 0.328. The summed E-state index contributed by atoms with van der Waals surface area (Å²) in [6.45, 7) is 0.680. The van der Waals surface area contributed by atoms with Gasteiger partial charge in [0.05, 0.1) is 6.54 Å². The smallest absolute Gasteiger partial charge is 0.165 e. The van der Waals surface area contributed by atoms with Gasteiger partial charge >= 0.3 is 0 Å². The van der Waals surface area contributed by atoms with E-state index in [2.05, 4.69) is 10.1 Å². The summed E-state index contributed by atoms with van der Waals surface area (Å²) in [7, 11) is 1.81. The molecule has 0 aliphatic rings. The van der Waals surface area contributed by atoms with Crippen LogP contribution >= 0.6 is 11.6 Å². The van der Waals surface area contributed by atoms with Crippen LogP contribution in [-0.4, -0.2) is 14.8 Å². The Morgan fingerprint density at radius 3 is 2.65 bits per heavy atom. The van der Waals surface area contributed by atoms with Crippen molar-refractivity contribution in [3.8, 4) is 5.75 Å². The van der Waals surface area contributed by atoms with Gasteiger partial charge in [0.1, 0.15) is 12.4 Å². The predicted molar refractivity (Wildman–Crippen MR) is 64.7 cm³/mol. The van der Waals surface area contributed by atoms with Crippen LogP contribution in [0.3, 0.4) is 0 Å². The van der Waals surface area contributed by atoms with Gasteiger partial charge in [0.25, 0.3) is 0 Å². The van der Waals surface area contributed by atoms with Crippen molar-refractivity contribution in [1.29, 1.82) is 0 Å². The van der Waals surface area contributed by atoms with Crippen LogP contribution in [0.15, 0.2) is 24.3 Å². The summed E-state index contributed by atoms with van der Waals surface area (Å²) in [4.78, 5) is 4.24. The number of nitrogens with zero attached hydrogens (tertiary/aromatic N) is 3. The fourth-order valence-electron chi connectivity index (χ4n) is 1.37. The van der Waals surface area contributed by atoms with Crippen LogP contribution in [0.4, 0.5) is 0 Å². The average molecular weight is 253 g/mol. The number of aryl methyl sites for hydroxylation is 1. The first-order chi connectivity index (χ1) is 8.19. The van der Waals surface area contributed by atoms with Crippen LogP contribution in [0.2, 0.25) is 5.02 Å². The fourth-order valence-corrected chi connectivity index (χ4v) is 1.49. The monoisotopic (exact) mass is 252 g/mol. The van der Waals surface area contributed by atoms with Gasteiger partial charge in [0, 0.05) is 12.1 Å². The van der Waals surface area contributed by atoms with Crippen LogP contribution in [-0.2, 0) is 20.2 Å². The van der Waals surface area contributed by atoms with E-state index in [1.165, 1.54) is 0 Å². The van der Waals surface area contributed by atoms with E-state index < -0.39 is 0 Å². The summed E-state index contributed by atoms with van der Waals surface area (Å²) < 4.78 is 7.23. The van der Waals surface area contributed by atoms with E-state index in [1.54, 1.807) is 16.8 Å². The molecule has 0 atom stereocenters. The molecule has 0 fully saturated rings. The second-order valence-corrected chi connectivity index (χ2v) is 3.95. The molecule has 0 saturated carbocycles. The molecule has 1 heterocycles. The van der Waals surface area contributed by atoms with Crippen LogP contribution in [0.1, 0.15) is 11.6 Å². The predicted octanol–water partition coefficient (Wildman–Crippen LogP) is 1.51. The van der Waals surface area contributed by atoms with E-state index in [0.717, 1.165) is 11.6 Å². The second kappa shape index (κ2) is 5.16. The number of hydrogen-bond donors (Lipinski definition) is 1. The third-order valence-electron chi connectivity index (χ3n) is 2.26. The lowest BCUT2D eigenvalue weighted by atomic mass is 10.3. The van der Waals surface area contributed by atoms with Crippen LogP contribution < -0.4 is 10.5 Å². The van der Waals surface area contributed by atoms with Gasteiger partial charge in [-0.2, -0.15) is 5.10 Å². The fraction of sp³-hybridized carbons (Fsp3) is 0.273. The van der Waals surface area contributed by atoms with Gasteiger partial charge in [-0.3, -0.25) is 0 Å². The minimum Gasteiger partial charge on any atom is -0.486 e. The maximum Gasteiger partial charge on any atom is 0.165 e. The number of hydrogen-bond acceptors (Lipinski definition) is 4. The molecule has 0 radical (unpaired) electrons. The topological polar surface area (TPSA) is 66.0 Å². The number of nitrogens with two attached hydrogens (primary N) is 1. The number of aromatic nitrogens is 3. The molecule has 0 aliphatic carbocycles. The maximum absolute atomic E-state index is 5.78. The van der Waals surface area contributed by atoms with Gasteiger partial charge in [-0.1, -0.05) is 11.6 Å². The summed E-state index contributed by atoms with van der Waals surface area (Å²) in [6, 6.07) is 7.17. The molecule has 90 valence electrons. The van der Waals surface area contributed by atoms with Crippen LogP contribution in [0.25, 0.3) is 0 Å². The number of rotatable bonds is 4. The van der Waals surface area contributed by atoms with Crippen molar-refractivity contribution in [3.05, 3.63) is 40.9 Å². The molecule has 2 aromatic rings. The zero-order chi connectivity index (χ0) is 12.3. The van der Waals surface area contributed by atoms with Gasteiger partial charge in [0.15, 0.2) is 11.6 Å². The quantitative estimate of drug-likeness (QED) is 0.896. The zero-order valence-corrected chi connectivity index (χ0v) is 10.2. The van der Waals surface area contributed by atoms with Crippen molar-refractivity contribution in [2.75, 3.05) is 0 Å². The molecule has 0 amide bonds. The van der Waals surface area contributed by atoms with Crippen LogP contribution in [0, 0.1) is 0 Å². The zero-order valence-electron chi connectivity index (χ0n) is 9.43. The first-order valence-corrected chi connectivity index (χ1v) is 5.54. The molecule has 2 N–H and O–H groups in total. The molecular weight excluding hydrogens is 240 g/mol. The van der Waals surface area contributed by atoms with E-state index in [-0.39, 0.29) is 0 Å². The SMILES string of the molecule is Cn1nc(CN)nc1COc1ccc(Cl)cc1. The van der Waals surface area contributed by atoms with E-state index in [0.29, 0.717) is 24.0 Å². The highest BCUT2D eigenvalue weighted by atomic mass is 35.5. The third kappa shape index (κ3) is 2.95. The van der Waals surface area contributed by atoms with Crippen molar-refractivity contribution in [3.63, 3.8) is 0 Å². The average Bonchev–Trinajstić information content (AvgIpc) is 2.69. The lowest BCUT2D eigenvalue weighted by Crippen LogP contribution is -2.04. The first-order valence-electron chi connectivity index (χ1n) is 5.16. The van der Waals surface area contributed by atoms with Gasteiger partial charge in [-0.05, 0) is 24.3 Å². The molecule has 17 heavy (non-hydrogen) atoms. The highest BCUT2D eigenvalue weighted by Gasteiger charge is 2.06. The normalized spacial score (nSPS) is 10.5. The standard InChI is InChI=1S/C11H13ClN4O/c1-16-11(14-10(6-13)15-16)7-17-9-4-2-8(12)3-5-9/h2-5H,6-7,13H2,1H3. The molecule has 0 spiro atoms. The molecule has 1 aromatic heterocycles. The van der Waals surface area contributed by atoms with Crippen molar-refractivity contribution in [1.82, 2.24) is 14.8 Å². The maximum atomic E-state index is 5.78. The summed E-state index contributed by atoms with van der Waals surface area (Å²) in [5, 5.41) is 4.82. The Hall–Kier alpha value is -1.59. The van der Waals surface area contributed by atoms with Crippen molar-refractivity contribution >= 4 is 11.6 Å². The van der Waals surface area contributed by atoms with Gasteiger partial charge in [0.2, 0.25) is 0 Å². The lowest BCUT2D eigenvalue weighted by molar-refractivity contribution is 0.290. The minimum atomic E-state index is 0.328. The third-order valence-corrected chi connectivity index (χ3v) is 2.51. The van der Waals surface area contributed by atoms with Crippen molar-refractivity contribution in [2.45, 2.75) is 13.2 Å². The molecule has 5 nitrogen and oxygen atoms in total. The van der Waals surface area contributed by atoms with Crippen LogP contribution in [0.5, 0.6) is 5.75 Å². The summed E-state index contributed by atoms with van der Waals surface area (Å²) >= 11 is 5.78. The summed E-state index contributed by atoms with van der Waals surface area (Å²) in [5.41, 5.74) is 5.46. The molecule has 0 aliphatic heterocycles. The van der Waals surface area contributed by atoms with Gasteiger partial charge < -0.3 is 10.5 Å². The highest BCUT2D eigenvalue weighted by Crippen LogP contribution is 2.16. The summed E-state index contributed by atoms with van der Waals surface area (Å²) in [6.07, 6.45) is 0. The molecule has 6 heteroatoms. The highest BCUT2D eigenvalue weighted by molar-refractivity contribution is 6.30. The van der Waals surface area contributed by atoms with Crippen molar-refractivity contribution in [2.24, 2.45) is 12.8 Å². The Bertz CT molecular complexity index is 495. The molecular formula is C11H13ClN4O. The van der Waals surface area contributed by atoms with E-state index >= 15 is 0 Å². The number of ether oxygens (including phenoxy) is 1. The van der Waals surface area contributed by atoms with E-state index in [4.69, 9.17) is 22.1 Å². The molecule has 1 aromatic carbocycles. The van der Waals surface area contributed by atoms with E-state index in [1.807, 2.05) is 19.2 Å². The second-order valence-electron chi connectivity index (χ2n) is 3.51. The Morgan fingerprint density at radius 2 is 2.06 bits per heavy atom. The molecule has 0 unspecified atom stereocenters. The Morgan fingerprint density at radius 1 is 1.35 bits per heavy atom. The molecule has 0 saturated heterocycles. The summed E-state index contributed by atoms with van der Waals surface area (Å²) in [5.74, 6) is 2.09. The van der Waals surface area contributed by atoms with Gasteiger partial charge in [-0.15, -0.1) is 0 Å². The molecule has 2 rings (SSSR count). The lowest BCUT2D eigenvalue weighted by Gasteiger charge is -2.04. The van der Waals surface area contributed by atoms with Gasteiger partial charge in [-0.25, -0.2) is 9.67 Å². The largest absolute Gasteiger partial charge is 0.486 e. The number of benzene rings is 1. The first kappa shape index (κ1) is 11.9. The molecule has 0 bridgehead atoms. The van der Waals surface area contributed by atoms with Crippen molar-refractivity contribution < 1.29 is 4.74 Å². The van der Waals surface area contributed by atoms with E-state index in [9.17, 15) is 0 Å².